The topological polar surface area (TPSA) is 20.3 Å². The standard InChI is InChI=1S/C20H23NO.HI/c1-16-7-5-6-10-18(16)19-15-21(14-12-20(19)22)13-11-17-8-3-2-4-9-17;/h2-10,19H,11-15H2,1H3;1H. The molecule has 1 aliphatic heterocycles. The number of carbonyl (C=O) groups excluding carboxylic acids is 1. The van der Waals surface area contributed by atoms with Crippen LogP contribution in [0, 0.1) is 6.92 Å². The number of piperidine rings is 1. The van der Waals surface area contributed by atoms with E-state index in [1.165, 1.54) is 16.7 Å². The van der Waals surface area contributed by atoms with E-state index in [1.54, 1.807) is 0 Å². The Morgan fingerprint density at radius 2 is 1.74 bits per heavy atom. The smallest absolute Gasteiger partial charge is 0.142 e. The van der Waals surface area contributed by atoms with Gasteiger partial charge in [0, 0.05) is 26.1 Å². The quantitative estimate of drug-likeness (QED) is 0.690. The molecule has 0 amide bonds. The molecule has 0 bridgehead atoms. The molecule has 0 spiro atoms. The van der Waals surface area contributed by atoms with Gasteiger partial charge in [0.2, 0.25) is 0 Å². The summed E-state index contributed by atoms with van der Waals surface area (Å²) in [6.45, 7) is 4.88. The maximum atomic E-state index is 12.3. The number of aryl methyl sites for hydroxylation is 1. The highest BCUT2D eigenvalue weighted by molar-refractivity contribution is 14.0. The number of hydrogen-bond donors (Lipinski definition) is 0. The first-order valence-corrected chi connectivity index (χ1v) is 8.08. The largest absolute Gasteiger partial charge is 0.302 e. The predicted octanol–water partition coefficient (Wildman–Crippen LogP) is 4.21. The van der Waals surface area contributed by atoms with Crippen LogP contribution in [0.5, 0.6) is 0 Å². The molecule has 0 radical (unpaired) electrons. The molecule has 1 saturated heterocycles. The molecule has 2 aromatic carbocycles. The molecule has 1 unspecified atom stereocenters. The number of benzene rings is 2. The lowest BCUT2D eigenvalue weighted by molar-refractivity contribution is -0.123. The number of nitrogens with zero attached hydrogens (tertiary/aromatic N) is 1. The minimum atomic E-state index is 0. The van der Waals surface area contributed by atoms with Crippen molar-refractivity contribution in [2.24, 2.45) is 0 Å². The van der Waals surface area contributed by atoms with Crippen LogP contribution in [-0.4, -0.2) is 30.3 Å². The monoisotopic (exact) mass is 421 g/mol. The van der Waals surface area contributed by atoms with Crippen LogP contribution in [-0.2, 0) is 11.2 Å². The van der Waals surface area contributed by atoms with E-state index in [0.29, 0.717) is 12.2 Å². The Kier molecular flexibility index (Phi) is 6.78. The van der Waals surface area contributed by atoms with E-state index in [4.69, 9.17) is 0 Å². The van der Waals surface area contributed by atoms with Crippen LogP contribution in [0.4, 0.5) is 0 Å². The Hall–Kier alpha value is -1.20. The lowest BCUT2D eigenvalue weighted by atomic mass is 9.87. The van der Waals surface area contributed by atoms with Gasteiger partial charge in [0.25, 0.3) is 0 Å². The highest BCUT2D eigenvalue weighted by atomic mass is 127. The number of halogens is 1. The van der Waals surface area contributed by atoms with Crippen molar-refractivity contribution in [2.45, 2.75) is 25.7 Å². The van der Waals surface area contributed by atoms with Gasteiger partial charge in [-0.3, -0.25) is 4.79 Å². The van der Waals surface area contributed by atoms with Gasteiger partial charge in [-0.05, 0) is 30.0 Å². The van der Waals surface area contributed by atoms with Crippen LogP contribution in [0.2, 0.25) is 0 Å². The van der Waals surface area contributed by atoms with Gasteiger partial charge >= 0.3 is 0 Å². The van der Waals surface area contributed by atoms with Gasteiger partial charge < -0.3 is 4.90 Å². The number of rotatable bonds is 4. The minimum absolute atomic E-state index is 0. The molecular weight excluding hydrogens is 397 g/mol. The average Bonchev–Trinajstić information content (AvgIpc) is 2.56. The van der Waals surface area contributed by atoms with Crippen molar-refractivity contribution in [3.63, 3.8) is 0 Å². The summed E-state index contributed by atoms with van der Waals surface area (Å²) in [5, 5.41) is 0. The number of ketones is 1. The van der Waals surface area contributed by atoms with Gasteiger partial charge in [-0.1, -0.05) is 54.6 Å². The summed E-state index contributed by atoms with van der Waals surface area (Å²) in [6.07, 6.45) is 1.73. The summed E-state index contributed by atoms with van der Waals surface area (Å²) in [6, 6.07) is 18.9. The lowest BCUT2D eigenvalue weighted by Gasteiger charge is -2.32. The molecular formula is C20H24INO. The number of hydrogen-bond acceptors (Lipinski definition) is 2. The molecule has 0 saturated carbocycles. The Morgan fingerprint density at radius 3 is 2.48 bits per heavy atom. The fourth-order valence-electron chi connectivity index (χ4n) is 3.28. The van der Waals surface area contributed by atoms with Gasteiger partial charge in [-0.2, -0.15) is 0 Å². The first kappa shape index (κ1) is 18.1. The fraction of sp³-hybridized carbons (Fsp3) is 0.350. The second kappa shape index (κ2) is 8.60. The summed E-state index contributed by atoms with van der Waals surface area (Å²) < 4.78 is 0. The third-order valence-corrected chi connectivity index (χ3v) is 4.63. The molecule has 122 valence electrons. The van der Waals surface area contributed by atoms with E-state index in [0.717, 1.165) is 26.1 Å². The van der Waals surface area contributed by atoms with Gasteiger partial charge in [-0.25, -0.2) is 0 Å². The van der Waals surface area contributed by atoms with Gasteiger partial charge in [0.05, 0.1) is 5.92 Å². The summed E-state index contributed by atoms with van der Waals surface area (Å²) in [5.74, 6) is 0.441. The lowest BCUT2D eigenvalue weighted by Crippen LogP contribution is -2.40. The van der Waals surface area contributed by atoms with Crippen molar-refractivity contribution in [3.05, 3.63) is 71.3 Å². The van der Waals surface area contributed by atoms with Gasteiger partial charge in [0.15, 0.2) is 0 Å². The molecule has 23 heavy (non-hydrogen) atoms. The van der Waals surface area contributed by atoms with E-state index in [1.807, 2.05) is 12.1 Å². The zero-order valence-corrected chi connectivity index (χ0v) is 15.9. The first-order chi connectivity index (χ1) is 10.7. The first-order valence-electron chi connectivity index (χ1n) is 8.08. The molecule has 1 aliphatic rings. The molecule has 2 nitrogen and oxygen atoms in total. The molecule has 1 heterocycles. The van der Waals surface area contributed by atoms with E-state index in [2.05, 4.69) is 54.3 Å². The Bertz CT molecular complexity index is 641. The highest BCUT2D eigenvalue weighted by Gasteiger charge is 2.28. The van der Waals surface area contributed by atoms with Crippen LogP contribution < -0.4 is 0 Å². The van der Waals surface area contributed by atoms with Crippen LogP contribution in [0.25, 0.3) is 0 Å². The van der Waals surface area contributed by atoms with Crippen LogP contribution in [0.1, 0.15) is 29.0 Å². The Morgan fingerprint density at radius 1 is 1.04 bits per heavy atom. The normalized spacial score (nSPS) is 18.5. The zero-order valence-electron chi connectivity index (χ0n) is 13.6. The minimum Gasteiger partial charge on any atom is -0.302 e. The van der Waals surface area contributed by atoms with Crippen molar-refractivity contribution in [2.75, 3.05) is 19.6 Å². The van der Waals surface area contributed by atoms with Crippen LogP contribution >= 0.6 is 24.0 Å². The molecule has 0 N–H and O–H groups in total. The molecule has 1 fully saturated rings. The highest BCUT2D eigenvalue weighted by Crippen LogP contribution is 2.26. The SMILES string of the molecule is Cc1ccccc1C1CN(CCc2ccccc2)CCC1=O.I. The Balaban J connectivity index is 0.00000192. The average molecular weight is 421 g/mol. The van der Waals surface area contributed by atoms with Crippen molar-refractivity contribution in [3.8, 4) is 0 Å². The van der Waals surface area contributed by atoms with Crippen molar-refractivity contribution in [1.82, 2.24) is 4.90 Å². The van der Waals surface area contributed by atoms with Crippen LogP contribution in [0.3, 0.4) is 0 Å². The second-order valence-electron chi connectivity index (χ2n) is 6.16. The number of carbonyl (C=O) groups is 1. The van der Waals surface area contributed by atoms with E-state index >= 15 is 0 Å². The van der Waals surface area contributed by atoms with Gasteiger partial charge in [-0.15, -0.1) is 24.0 Å². The number of likely N-dealkylation sites (tertiary alicyclic amines) is 1. The van der Waals surface area contributed by atoms with Gasteiger partial charge in [0.1, 0.15) is 5.78 Å². The summed E-state index contributed by atoms with van der Waals surface area (Å²) >= 11 is 0. The summed E-state index contributed by atoms with van der Waals surface area (Å²) in [7, 11) is 0. The summed E-state index contributed by atoms with van der Waals surface area (Å²) in [5.41, 5.74) is 3.80. The van der Waals surface area contributed by atoms with Crippen LogP contribution in [0.15, 0.2) is 54.6 Å². The summed E-state index contributed by atoms with van der Waals surface area (Å²) in [4.78, 5) is 14.8. The molecule has 0 aliphatic carbocycles. The van der Waals surface area contributed by atoms with E-state index < -0.39 is 0 Å². The molecule has 1 atom stereocenters. The van der Waals surface area contributed by atoms with Crippen molar-refractivity contribution in [1.29, 1.82) is 0 Å². The maximum Gasteiger partial charge on any atom is 0.142 e. The van der Waals surface area contributed by atoms with Crippen molar-refractivity contribution < 1.29 is 4.79 Å². The third kappa shape index (κ3) is 4.64. The fourth-order valence-corrected chi connectivity index (χ4v) is 3.28. The predicted molar refractivity (Wildman–Crippen MR) is 106 cm³/mol. The molecule has 0 aromatic heterocycles. The maximum absolute atomic E-state index is 12.3. The number of Topliss-reactive ketones (excluding diaryl/α,β-unsaturated/α-hetero) is 1. The second-order valence-corrected chi connectivity index (χ2v) is 6.16. The molecule has 2 aromatic rings. The third-order valence-electron chi connectivity index (χ3n) is 4.63. The molecule has 3 rings (SSSR count). The molecule has 3 heteroatoms. The van der Waals surface area contributed by atoms with E-state index in [9.17, 15) is 4.79 Å². The zero-order chi connectivity index (χ0) is 15.4. The Labute approximate surface area is 155 Å². The van der Waals surface area contributed by atoms with E-state index in [-0.39, 0.29) is 29.9 Å². The van der Waals surface area contributed by atoms with Crippen molar-refractivity contribution >= 4 is 29.8 Å².